The Morgan fingerprint density at radius 2 is 1.80 bits per heavy atom. The average Bonchev–Trinajstić information content (AvgIpc) is 3.40. The third-order valence-corrected chi connectivity index (χ3v) is 10.6. The largest absolute Gasteiger partial charge is 0.444 e. The second kappa shape index (κ2) is 15.7. The maximum absolute atomic E-state index is 14.5. The summed E-state index contributed by atoms with van der Waals surface area (Å²) in [5.74, 6) is -1.95. The van der Waals surface area contributed by atoms with Crippen LogP contribution in [0.2, 0.25) is 0 Å². The van der Waals surface area contributed by atoms with Crippen molar-refractivity contribution in [2.75, 3.05) is 6.54 Å². The summed E-state index contributed by atoms with van der Waals surface area (Å²) in [7, 11) is 0. The lowest BCUT2D eigenvalue weighted by Gasteiger charge is -2.30. The molecule has 3 aliphatic heterocycles. The van der Waals surface area contributed by atoms with Gasteiger partial charge in [-0.1, -0.05) is 49.3 Å². The average molecular weight is 748 g/mol. The van der Waals surface area contributed by atoms with Gasteiger partial charge in [0.2, 0.25) is 11.8 Å². The first-order valence-corrected chi connectivity index (χ1v) is 18.7. The molecule has 1 saturated carbocycles. The molecule has 3 heterocycles. The molecule has 54 heavy (non-hydrogen) atoms. The van der Waals surface area contributed by atoms with Crippen molar-refractivity contribution in [1.82, 2.24) is 25.9 Å². The Labute approximate surface area is 314 Å². The molecule has 3 N–H and O–H groups in total. The van der Waals surface area contributed by atoms with Crippen molar-refractivity contribution < 1.29 is 42.7 Å². The number of hydrogen-bond acceptors (Lipinski definition) is 8. The molecule has 14 heteroatoms. The van der Waals surface area contributed by atoms with Crippen LogP contribution in [0, 0.1) is 25.6 Å². The van der Waals surface area contributed by atoms with Crippen molar-refractivity contribution in [2.24, 2.45) is 5.92 Å². The minimum absolute atomic E-state index is 0.0265. The molecule has 2 aromatic carbocycles. The van der Waals surface area contributed by atoms with E-state index >= 15 is 0 Å². The molecule has 2 aromatic rings. The smallest absolute Gasteiger partial charge is 0.410 e. The lowest BCUT2D eigenvalue weighted by molar-refractivity contribution is -0.142. The van der Waals surface area contributed by atoms with E-state index in [9.17, 15) is 28.4 Å². The summed E-state index contributed by atoms with van der Waals surface area (Å²) in [5, 5.41) is 5.66. The summed E-state index contributed by atoms with van der Waals surface area (Å²) in [6.07, 6.45) is 5.01. The first-order chi connectivity index (χ1) is 25.6. The summed E-state index contributed by atoms with van der Waals surface area (Å²) < 4.78 is 25.8. The van der Waals surface area contributed by atoms with Gasteiger partial charge in [0.15, 0.2) is 5.75 Å². The van der Waals surface area contributed by atoms with Crippen LogP contribution >= 0.6 is 0 Å². The number of ether oxygens (including phenoxy) is 2. The van der Waals surface area contributed by atoms with Crippen molar-refractivity contribution in [3.63, 3.8) is 0 Å². The van der Waals surface area contributed by atoms with Gasteiger partial charge >= 0.3 is 12.2 Å². The van der Waals surface area contributed by atoms with Crippen molar-refractivity contribution in [3.05, 3.63) is 76.6 Å². The minimum atomic E-state index is -1.35. The number of fused-ring (bicyclic) bond motifs is 3. The van der Waals surface area contributed by atoms with Gasteiger partial charge in [-0.05, 0) is 89.1 Å². The molecule has 6 rings (SSSR count). The van der Waals surface area contributed by atoms with Gasteiger partial charge in [-0.3, -0.25) is 19.3 Å². The van der Waals surface area contributed by atoms with Crippen LogP contribution < -0.4 is 21.0 Å². The number of benzene rings is 2. The number of carbonyl (C=O) groups is 5. The zero-order valence-corrected chi connectivity index (χ0v) is 31.5. The fraction of sp³-hybridized carbons (Fsp3) is 0.525. The van der Waals surface area contributed by atoms with E-state index in [0.29, 0.717) is 36.1 Å². The van der Waals surface area contributed by atoms with Crippen molar-refractivity contribution in [1.29, 1.82) is 0 Å². The number of halogens is 1. The lowest BCUT2D eigenvalue weighted by Crippen LogP contribution is -2.58. The predicted molar refractivity (Wildman–Crippen MR) is 195 cm³/mol. The van der Waals surface area contributed by atoms with E-state index in [4.69, 9.17) is 14.3 Å². The molecular formula is C40H50FN5O8. The molecule has 5 amide bonds. The molecule has 4 aliphatic rings. The second-order valence-electron chi connectivity index (χ2n) is 15.7. The summed E-state index contributed by atoms with van der Waals surface area (Å²) >= 11 is 0. The quantitative estimate of drug-likeness (QED) is 0.277. The SMILES string of the molecule is Cc1cccc(ONC(=O)[C@@]23C[C@H]2C=CCCCCC[C@H](NC(=O)OC(C)(C)C)C(=O)N2C[C@H](OC(=O)N4Cc5cccc(F)c5C4)C[C@H]2C(=O)N3)c1C. The van der Waals surface area contributed by atoms with Gasteiger partial charge in [0, 0.05) is 24.4 Å². The molecule has 2 fully saturated rings. The van der Waals surface area contributed by atoms with Crippen LogP contribution in [-0.4, -0.2) is 75.6 Å². The number of hydroxylamine groups is 1. The molecule has 0 spiro atoms. The zero-order valence-electron chi connectivity index (χ0n) is 31.5. The molecule has 1 saturated heterocycles. The third kappa shape index (κ3) is 8.63. The summed E-state index contributed by atoms with van der Waals surface area (Å²) in [6.45, 7) is 9.01. The molecule has 0 aromatic heterocycles. The maximum atomic E-state index is 14.5. The molecule has 1 aliphatic carbocycles. The van der Waals surface area contributed by atoms with Gasteiger partial charge in [-0.25, -0.2) is 14.0 Å². The lowest BCUT2D eigenvalue weighted by atomic mass is 10.0. The molecule has 5 atom stereocenters. The van der Waals surface area contributed by atoms with Gasteiger partial charge < -0.3 is 29.8 Å². The van der Waals surface area contributed by atoms with Gasteiger partial charge in [0.25, 0.3) is 5.91 Å². The second-order valence-corrected chi connectivity index (χ2v) is 15.7. The van der Waals surface area contributed by atoms with Gasteiger partial charge in [-0.2, -0.15) is 5.48 Å². The number of carbonyl (C=O) groups excluding carboxylic acids is 5. The number of alkyl carbamates (subject to hydrolysis) is 1. The van der Waals surface area contributed by atoms with E-state index in [1.807, 2.05) is 38.1 Å². The Kier molecular flexibility index (Phi) is 11.2. The molecular weight excluding hydrogens is 697 g/mol. The first-order valence-electron chi connectivity index (χ1n) is 18.7. The number of amides is 5. The number of allylic oxidation sites excluding steroid dienone is 1. The first kappa shape index (κ1) is 38.6. The van der Waals surface area contributed by atoms with Crippen LogP contribution in [0.15, 0.2) is 48.6 Å². The Morgan fingerprint density at radius 1 is 1.02 bits per heavy atom. The Morgan fingerprint density at radius 3 is 2.56 bits per heavy atom. The number of nitrogens with one attached hydrogen (secondary N) is 3. The van der Waals surface area contributed by atoms with E-state index in [2.05, 4.69) is 16.1 Å². The summed E-state index contributed by atoms with van der Waals surface area (Å²) in [6, 6.07) is 7.98. The fourth-order valence-electron chi connectivity index (χ4n) is 7.37. The Hall–Kier alpha value is -5.14. The number of nitrogens with zero attached hydrogens (tertiary/aromatic N) is 2. The van der Waals surface area contributed by atoms with Crippen LogP contribution in [0.4, 0.5) is 14.0 Å². The minimum Gasteiger partial charge on any atom is -0.444 e. The maximum Gasteiger partial charge on any atom is 0.410 e. The normalized spacial score (nSPS) is 25.6. The van der Waals surface area contributed by atoms with Gasteiger partial charge in [0.05, 0.1) is 13.1 Å². The standard InChI is InChI=1S/C40H50FN5O8/c1-24-13-11-18-33(25(24)2)54-44-36(49)40-20-27(40)15-9-7-6-8-10-17-31(42-37(50)53-39(3,4)5)35(48)46-22-28(19-32(46)34(47)43-40)52-38(51)45-21-26-14-12-16-30(41)29(26)23-45/h9,11-16,18,27-28,31-32H,6-8,10,17,19-23H2,1-5H3,(H,42,50)(H,43,47)(H,44,49)/t27-,28-,31+,32+,40-/m1/s1. The van der Waals surface area contributed by atoms with Crippen molar-refractivity contribution in [2.45, 2.75) is 122 Å². The highest BCUT2D eigenvalue weighted by Crippen LogP contribution is 2.45. The Balaban J connectivity index is 1.24. The molecule has 13 nitrogen and oxygen atoms in total. The number of hydrogen-bond donors (Lipinski definition) is 3. The van der Waals surface area contributed by atoms with Crippen LogP contribution in [0.1, 0.15) is 88.0 Å². The number of aryl methyl sites for hydroxylation is 1. The third-order valence-electron chi connectivity index (χ3n) is 10.6. The van der Waals surface area contributed by atoms with Crippen LogP contribution in [0.5, 0.6) is 5.75 Å². The van der Waals surface area contributed by atoms with Crippen molar-refractivity contribution in [3.8, 4) is 5.75 Å². The van der Waals surface area contributed by atoms with Crippen LogP contribution in [0.25, 0.3) is 0 Å². The molecule has 0 bridgehead atoms. The Bertz CT molecular complexity index is 1830. The number of rotatable bonds is 5. The predicted octanol–water partition coefficient (Wildman–Crippen LogP) is 5.26. The van der Waals surface area contributed by atoms with Gasteiger partial charge in [-0.15, -0.1) is 0 Å². The molecule has 290 valence electrons. The van der Waals surface area contributed by atoms with Crippen molar-refractivity contribution >= 4 is 29.9 Å². The fourth-order valence-corrected chi connectivity index (χ4v) is 7.37. The highest BCUT2D eigenvalue weighted by Gasteiger charge is 2.61. The van der Waals surface area contributed by atoms with Gasteiger partial charge in [0.1, 0.15) is 35.1 Å². The van der Waals surface area contributed by atoms with E-state index in [1.54, 1.807) is 39.0 Å². The van der Waals surface area contributed by atoms with Crippen LogP contribution in [-0.2, 0) is 36.9 Å². The topological polar surface area (TPSA) is 156 Å². The van der Waals surface area contributed by atoms with E-state index in [-0.39, 0.29) is 32.0 Å². The highest BCUT2D eigenvalue weighted by molar-refractivity contribution is 5.98. The van der Waals surface area contributed by atoms with E-state index in [0.717, 1.165) is 30.4 Å². The van der Waals surface area contributed by atoms with E-state index in [1.165, 1.54) is 15.9 Å². The highest BCUT2D eigenvalue weighted by atomic mass is 19.1. The van der Waals surface area contributed by atoms with Crippen LogP contribution in [0.3, 0.4) is 0 Å². The zero-order chi connectivity index (χ0) is 38.8. The van der Waals surface area contributed by atoms with E-state index < -0.39 is 65.1 Å². The molecule has 0 radical (unpaired) electrons. The molecule has 0 unspecified atom stereocenters. The summed E-state index contributed by atoms with van der Waals surface area (Å²) in [4.78, 5) is 77.3. The summed E-state index contributed by atoms with van der Waals surface area (Å²) in [5.41, 5.74) is 3.30. The monoisotopic (exact) mass is 747 g/mol.